The minimum Gasteiger partial charge on any atom is -0.385 e. The second-order valence-corrected chi connectivity index (χ2v) is 5.70. The van der Waals surface area contributed by atoms with Crippen molar-refractivity contribution in [3.63, 3.8) is 0 Å². The monoisotopic (exact) mass is 327 g/mol. The summed E-state index contributed by atoms with van der Waals surface area (Å²) >= 11 is 5.72. The zero-order valence-corrected chi connectivity index (χ0v) is 13.1. The third-order valence-electron chi connectivity index (χ3n) is 3.67. The lowest BCUT2D eigenvalue weighted by atomic mass is 10.0. The molecule has 0 aromatic heterocycles. The summed E-state index contributed by atoms with van der Waals surface area (Å²) in [6, 6.07) is 18.1. The fraction of sp³-hybridized carbons (Fsp3) is 0.105. The van der Waals surface area contributed by atoms with Crippen molar-refractivity contribution < 1.29 is 9.18 Å². The maximum absolute atomic E-state index is 13.1. The largest absolute Gasteiger partial charge is 0.385 e. The van der Waals surface area contributed by atoms with Gasteiger partial charge in [-0.05, 0) is 35.0 Å². The quantitative estimate of drug-likeness (QED) is 0.643. The zero-order valence-electron chi connectivity index (χ0n) is 12.4. The van der Waals surface area contributed by atoms with Crippen molar-refractivity contribution in [1.29, 1.82) is 0 Å². The molecule has 0 radical (unpaired) electrons. The van der Waals surface area contributed by atoms with Crippen LogP contribution in [-0.4, -0.2) is 12.3 Å². The fourth-order valence-corrected chi connectivity index (χ4v) is 2.61. The van der Waals surface area contributed by atoms with Gasteiger partial charge in [0.2, 0.25) is 0 Å². The highest BCUT2D eigenvalue weighted by molar-refractivity contribution is 6.31. The molecule has 0 aliphatic carbocycles. The highest BCUT2D eigenvalue weighted by Gasteiger charge is 2.07. The van der Waals surface area contributed by atoms with Crippen LogP contribution in [0.3, 0.4) is 0 Å². The van der Waals surface area contributed by atoms with Gasteiger partial charge < -0.3 is 5.32 Å². The third-order valence-corrected chi connectivity index (χ3v) is 3.96. The molecule has 3 aromatic rings. The van der Waals surface area contributed by atoms with Crippen LogP contribution in [0.4, 0.5) is 10.1 Å². The summed E-state index contributed by atoms with van der Waals surface area (Å²) in [6.45, 7) is 0.466. The number of fused-ring (bicyclic) bond motifs is 1. The Labute approximate surface area is 138 Å². The molecule has 0 unspecified atom stereocenters. The number of carbonyl (C=O) groups excluding carboxylic acids is 1. The van der Waals surface area contributed by atoms with Crippen LogP contribution in [0.25, 0.3) is 10.8 Å². The lowest BCUT2D eigenvalue weighted by Gasteiger charge is -2.07. The first-order valence-corrected chi connectivity index (χ1v) is 7.72. The van der Waals surface area contributed by atoms with Gasteiger partial charge >= 0.3 is 0 Å². The van der Waals surface area contributed by atoms with E-state index in [-0.39, 0.29) is 10.8 Å². The number of Topliss-reactive ketones (excluding diaryl/α,β-unsaturated/α-hetero) is 1. The molecular weight excluding hydrogens is 313 g/mol. The van der Waals surface area contributed by atoms with Crippen LogP contribution in [0, 0.1) is 5.82 Å². The van der Waals surface area contributed by atoms with Gasteiger partial charge in [0.15, 0.2) is 5.78 Å². The number of hydrogen-bond acceptors (Lipinski definition) is 2. The molecule has 0 fully saturated rings. The molecule has 0 spiro atoms. The molecule has 0 atom stereocenters. The molecule has 2 nitrogen and oxygen atoms in total. The second kappa shape index (κ2) is 6.80. The van der Waals surface area contributed by atoms with Gasteiger partial charge in [-0.15, -0.1) is 0 Å². The predicted molar refractivity (Wildman–Crippen MR) is 92.8 cm³/mol. The van der Waals surface area contributed by atoms with E-state index in [0.717, 1.165) is 10.8 Å². The Hall–Kier alpha value is -2.39. The number of rotatable bonds is 5. The van der Waals surface area contributed by atoms with Crippen molar-refractivity contribution in [3.05, 3.63) is 77.1 Å². The Morgan fingerprint density at radius 2 is 1.78 bits per heavy atom. The maximum Gasteiger partial charge on any atom is 0.164 e. The summed E-state index contributed by atoms with van der Waals surface area (Å²) in [5.41, 5.74) is 1.39. The predicted octanol–water partition coefficient (Wildman–Crippen LogP) is 5.32. The summed E-state index contributed by atoms with van der Waals surface area (Å²) < 4.78 is 13.1. The summed E-state index contributed by atoms with van der Waals surface area (Å²) in [6.07, 6.45) is 0.354. The molecule has 1 N–H and O–H groups in total. The van der Waals surface area contributed by atoms with Crippen LogP contribution < -0.4 is 5.32 Å². The minimum absolute atomic E-state index is 0.0656. The van der Waals surface area contributed by atoms with E-state index in [0.29, 0.717) is 24.2 Å². The van der Waals surface area contributed by atoms with E-state index < -0.39 is 5.82 Å². The van der Waals surface area contributed by atoms with E-state index in [4.69, 9.17) is 11.6 Å². The number of anilines is 1. The summed E-state index contributed by atoms with van der Waals surface area (Å²) in [4.78, 5) is 12.3. The van der Waals surface area contributed by atoms with Gasteiger partial charge in [0.05, 0.1) is 5.02 Å². The number of hydrogen-bond donors (Lipinski definition) is 1. The van der Waals surface area contributed by atoms with Gasteiger partial charge in [0.25, 0.3) is 0 Å². The van der Waals surface area contributed by atoms with E-state index in [1.54, 1.807) is 6.07 Å². The third kappa shape index (κ3) is 3.69. The van der Waals surface area contributed by atoms with Gasteiger partial charge in [-0.3, -0.25) is 4.79 Å². The molecule has 0 bridgehead atoms. The normalized spacial score (nSPS) is 10.7. The molecule has 3 rings (SSSR count). The molecule has 0 aliphatic rings. The van der Waals surface area contributed by atoms with Gasteiger partial charge in [-0.1, -0.05) is 48.0 Å². The molecule has 0 heterocycles. The van der Waals surface area contributed by atoms with E-state index in [9.17, 15) is 9.18 Å². The van der Waals surface area contributed by atoms with Crippen molar-refractivity contribution in [2.24, 2.45) is 0 Å². The fourth-order valence-electron chi connectivity index (χ4n) is 2.43. The maximum atomic E-state index is 13.1. The van der Waals surface area contributed by atoms with E-state index in [2.05, 4.69) is 5.32 Å². The van der Waals surface area contributed by atoms with Crippen LogP contribution in [-0.2, 0) is 0 Å². The molecule has 3 aromatic carbocycles. The highest BCUT2D eigenvalue weighted by Crippen LogP contribution is 2.20. The molecule has 0 amide bonds. The number of halogens is 2. The minimum atomic E-state index is -0.454. The van der Waals surface area contributed by atoms with Crippen LogP contribution in [0.1, 0.15) is 16.8 Å². The number of carbonyl (C=O) groups is 1. The molecular formula is C19H15ClFNO. The van der Waals surface area contributed by atoms with E-state index >= 15 is 0 Å². The summed E-state index contributed by atoms with van der Waals surface area (Å²) in [7, 11) is 0. The second-order valence-electron chi connectivity index (χ2n) is 5.29. The lowest BCUT2D eigenvalue weighted by Crippen LogP contribution is -2.09. The zero-order chi connectivity index (χ0) is 16.2. The highest BCUT2D eigenvalue weighted by atomic mass is 35.5. The first kappa shape index (κ1) is 15.5. The van der Waals surface area contributed by atoms with Crippen molar-refractivity contribution in [2.45, 2.75) is 6.42 Å². The Morgan fingerprint density at radius 3 is 2.57 bits per heavy atom. The van der Waals surface area contributed by atoms with Crippen LogP contribution >= 0.6 is 11.6 Å². The summed E-state index contributed by atoms with van der Waals surface area (Å²) in [5.74, 6) is -0.388. The molecule has 23 heavy (non-hydrogen) atoms. The Balaban J connectivity index is 1.62. The molecule has 0 aliphatic heterocycles. The molecule has 116 valence electrons. The van der Waals surface area contributed by atoms with Crippen LogP contribution in [0.5, 0.6) is 0 Å². The SMILES string of the molecule is O=C(CCNc1ccc(F)c(Cl)c1)c1ccc2ccccc2c1. The smallest absolute Gasteiger partial charge is 0.164 e. The van der Waals surface area contributed by atoms with Gasteiger partial charge in [0, 0.05) is 24.2 Å². The molecule has 4 heteroatoms. The van der Waals surface area contributed by atoms with Crippen molar-refractivity contribution >= 4 is 33.8 Å². The van der Waals surface area contributed by atoms with Crippen LogP contribution in [0.2, 0.25) is 5.02 Å². The summed E-state index contributed by atoms with van der Waals surface area (Å²) in [5, 5.41) is 5.31. The van der Waals surface area contributed by atoms with Gasteiger partial charge in [-0.25, -0.2) is 4.39 Å². The first-order valence-electron chi connectivity index (χ1n) is 7.34. The van der Waals surface area contributed by atoms with Crippen molar-refractivity contribution in [2.75, 3.05) is 11.9 Å². The van der Waals surface area contributed by atoms with Crippen molar-refractivity contribution in [1.82, 2.24) is 0 Å². The van der Waals surface area contributed by atoms with E-state index in [1.807, 2.05) is 42.5 Å². The van der Waals surface area contributed by atoms with E-state index in [1.165, 1.54) is 12.1 Å². The average molecular weight is 328 g/mol. The van der Waals surface area contributed by atoms with Gasteiger partial charge in [-0.2, -0.15) is 0 Å². The van der Waals surface area contributed by atoms with Crippen molar-refractivity contribution in [3.8, 4) is 0 Å². The molecule has 0 saturated carbocycles. The number of ketones is 1. The first-order chi connectivity index (χ1) is 11.1. The van der Waals surface area contributed by atoms with Crippen LogP contribution in [0.15, 0.2) is 60.7 Å². The number of benzene rings is 3. The Bertz CT molecular complexity index is 863. The topological polar surface area (TPSA) is 29.1 Å². The average Bonchev–Trinajstić information content (AvgIpc) is 2.57. The standard InChI is InChI=1S/C19H15ClFNO/c20-17-12-16(7-8-18(17)21)22-10-9-19(23)15-6-5-13-3-1-2-4-14(13)11-15/h1-8,11-12,22H,9-10H2. The molecule has 0 saturated heterocycles. The lowest BCUT2D eigenvalue weighted by molar-refractivity contribution is 0.0986. The number of nitrogens with one attached hydrogen (secondary N) is 1. The Morgan fingerprint density at radius 1 is 1.00 bits per heavy atom. The van der Waals surface area contributed by atoms with Gasteiger partial charge in [0.1, 0.15) is 5.82 Å². The Kier molecular flexibility index (Phi) is 4.58.